The van der Waals surface area contributed by atoms with Crippen LogP contribution in [-0.2, 0) is 22.4 Å². The maximum absolute atomic E-state index is 12.2. The number of anilines is 1. The third-order valence-corrected chi connectivity index (χ3v) is 5.82. The maximum Gasteiger partial charge on any atom is 0.410 e. The lowest BCUT2D eigenvalue weighted by Gasteiger charge is -2.45. The molecule has 31 heavy (non-hydrogen) atoms. The first-order valence-corrected chi connectivity index (χ1v) is 10.7. The number of carbonyl (C=O) groups excluding carboxylic acids is 1. The highest BCUT2D eigenvalue weighted by atomic mass is 16.7. The average Bonchev–Trinajstić information content (AvgIpc) is 3.30. The van der Waals surface area contributed by atoms with E-state index >= 15 is 0 Å². The second-order valence-corrected chi connectivity index (χ2v) is 9.64. The summed E-state index contributed by atoms with van der Waals surface area (Å²) in [6.45, 7) is 6.52. The van der Waals surface area contributed by atoms with Gasteiger partial charge >= 0.3 is 6.09 Å². The van der Waals surface area contributed by atoms with E-state index in [4.69, 9.17) is 9.57 Å². The molecule has 1 fully saturated rings. The smallest absolute Gasteiger partial charge is 0.410 e. The van der Waals surface area contributed by atoms with Gasteiger partial charge in [-0.3, -0.25) is 4.90 Å². The van der Waals surface area contributed by atoms with Crippen LogP contribution in [0.4, 0.5) is 10.7 Å². The molecule has 1 aliphatic carbocycles. The van der Waals surface area contributed by atoms with Gasteiger partial charge in [-0.1, -0.05) is 29.4 Å². The van der Waals surface area contributed by atoms with Crippen molar-refractivity contribution in [1.29, 1.82) is 0 Å². The van der Waals surface area contributed by atoms with Crippen molar-refractivity contribution in [2.75, 3.05) is 18.4 Å². The van der Waals surface area contributed by atoms with E-state index in [1.54, 1.807) is 17.3 Å². The molecule has 2 aliphatic heterocycles. The van der Waals surface area contributed by atoms with Crippen LogP contribution in [0.2, 0.25) is 0 Å². The summed E-state index contributed by atoms with van der Waals surface area (Å²) in [6, 6.07) is 8.84. The number of oxime groups is 1. The third kappa shape index (κ3) is 4.06. The second-order valence-electron chi connectivity index (χ2n) is 9.64. The van der Waals surface area contributed by atoms with Crippen LogP contribution in [0.15, 0.2) is 41.8 Å². The fourth-order valence-corrected chi connectivity index (χ4v) is 4.35. The highest BCUT2D eigenvalue weighted by Gasteiger charge is 2.52. The van der Waals surface area contributed by atoms with Crippen LogP contribution in [0.5, 0.6) is 0 Å². The first-order chi connectivity index (χ1) is 14.8. The Morgan fingerprint density at radius 3 is 2.42 bits per heavy atom. The molecule has 0 radical (unpaired) electrons. The van der Waals surface area contributed by atoms with E-state index in [1.807, 2.05) is 20.8 Å². The highest BCUT2D eigenvalue weighted by Crippen LogP contribution is 2.36. The Morgan fingerprint density at radius 1 is 1.16 bits per heavy atom. The number of ether oxygens (including phenoxy) is 1. The number of nitrogens with zero attached hydrogens (tertiary/aromatic N) is 4. The summed E-state index contributed by atoms with van der Waals surface area (Å²) in [7, 11) is 0. The Labute approximate surface area is 181 Å². The van der Waals surface area contributed by atoms with Crippen molar-refractivity contribution in [1.82, 2.24) is 14.9 Å². The molecule has 0 unspecified atom stereocenters. The van der Waals surface area contributed by atoms with Crippen molar-refractivity contribution in [3.05, 3.63) is 53.3 Å². The summed E-state index contributed by atoms with van der Waals surface area (Å²) >= 11 is 0. The summed E-state index contributed by atoms with van der Waals surface area (Å²) in [5.41, 5.74) is 3.46. The molecular formula is C23H27N5O3. The Bertz CT molecular complexity index is 997. The normalized spacial score (nSPS) is 19.5. The van der Waals surface area contributed by atoms with E-state index in [2.05, 4.69) is 44.7 Å². The SMILES string of the molecule is CC(C)(C)OC(=O)N1CC2(CC(c3cnc(NC4Cc5ccccc5C4)nc3)=NO2)C1. The van der Waals surface area contributed by atoms with Gasteiger partial charge in [-0.2, -0.15) is 0 Å². The zero-order valence-corrected chi connectivity index (χ0v) is 18.1. The Kier molecular flexibility index (Phi) is 4.60. The van der Waals surface area contributed by atoms with Gasteiger partial charge in [0.1, 0.15) is 5.60 Å². The Morgan fingerprint density at radius 2 is 1.81 bits per heavy atom. The first-order valence-electron chi connectivity index (χ1n) is 10.7. The molecule has 3 aliphatic rings. The number of fused-ring (bicyclic) bond motifs is 1. The molecule has 1 spiro atoms. The van der Waals surface area contributed by atoms with Crippen LogP contribution in [0.25, 0.3) is 0 Å². The molecular weight excluding hydrogens is 394 g/mol. The quantitative estimate of drug-likeness (QED) is 0.819. The third-order valence-electron chi connectivity index (χ3n) is 5.82. The zero-order chi connectivity index (χ0) is 21.6. The fraction of sp³-hybridized carbons (Fsp3) is 0.478. The summed E-state index contributed by atoms with van der Waals surface area (Å²) < 4.78 is 5.41. The first kappa shape index (κ1) is 19.8. The van der Waals surface area contributed by atoms with Crippen LogP contribution < -0.4 is 5.32 Å². The van der Waals surface area contributed by atoms with Crippen molar-refractivity contribution in [3.63, 3.8) is 0 Å². The summed E-state index contributed by atoms with van der Waals surface area (Å²) in [4.78, 5) is 28.5. The molecule has 3 heterocycles. The van der Waals surface area contributed by atoms with E-state index in [0.717, 1.165) is 24.1 Å². The predicted octanol–water partition coefficient (Wildman–Crippen LogP) is 3.17. The summed E-state index contributed by atoms with van der Waals surface area (Å²) in [5.74, 6) is 0.621. The highest BCUT2D eigenvalue weighted by molar-refractivity contribution is 6.01. The van der Waals surface area contributed by atoms with Gasteiger partial charge in [-0.25, -0.2) is 14.8 Å². The predicted molar refractivity (Wildman–Crippen MR) is 116 cm³/mol. The minimum Gasteiger partial charge on any atom is -0.444 e. The van der Waals surface area contributed by atoms with Crippen molar-refractivity contribution >= 4 is 17.8 Å². The van der Waals surface area contributed by atoms with E-state index in [-0.39, 0.29) is 6.09 Å². The summed E-state index contributed by atoms with van der Waals surface area (Å²) in [6.07, 6.45) is 5.84. The van der Waals surface area contributed by atoms with Crippen molar-refractivity contribution in [3.8, 4) is 0 Å². The molecule has 162 valence electrons. The molecule has 1 aromatic heterocycles. The van der Waals surface area contributed by atoms with E-state index in [0.29, 0.717) is 31.5 Å². The monoisotopic (exact) mass is 421 g/mol. The Balaban J connectivity index is 1.15. The van der Waals surface area contributed by atoms with E-state index in [9.17, 15) is 4.79 Å². The molecule has 1 aromatic carbocycles. The number of likely N-dealkylation sites (tertiary alicyclic amines) is 1. The summed E-state index contributed by atoms with van der Waals surface area (Å²) in [5, 5.41) is 7.68. The number of benzene rings is 1. The van der Waals surface area contributed by atoms with Gasteiger partial charge in [-0.05, 0) is 44.7 Å². The molecule has 0 saturated carbocycles. The number of rotatable bonds is 3. The lowest BCUT2D eigenvalue weighted by Crippen LogP contribution is -2.64. The van der Waals surface area contributed by atoms with Crippen molar-refractivity contribution < 1.29 is 14.4 Å². The van der Waals surface area contributed by atoms with E-state index < -0.39 is 11.2 Å². The van der Waals surface area contributed by atoms with Gasteiger partial charge in [0.15, 0.2) is 5.60 Å². The molecule has 8 heteroatoms. The topological polar surface area (TPSA) is 88.9 Å². The number of aromatic nitrogens is 2. The van der Waals surface area contributed by atoms with E-state index in [1.165, 1.54) is 11.1 Å². The van der Waals surface area contributed by atoms with Gasteiger partial charge in [-0.15, -0.1) is 0 Å². The molecule has 0 atom stereocenters. The molecule has 5 rings (SSSR count). The van der Waals surface area contributed by atoms with Gasteiger partial charge in [0, 0.05) is 30.4 Å². The van der Waals surface area contributed by atoms with Crippen LogP contribution in [0, 0.1) is 0 Å². The van der Waals surface area contributed by atoms with Gasteiger partial charge in [0.2, 0.25) is 5.95 Å². The van der Waals surface area contributed by atoms with Gasteiger partial charge < -0.3 is 14.9 Å². The maximum atomic E-state index is 12.2. The minimum absolute atomic E-state index is 0.312. The molecule has 2 aromatic rings. The number of hydrogen-bond acceptors (Lipinski definition) is 7. The lowest BCUT2D eigenvalue weighted by molar-refractivity contribution is -0.122. The van der Waals surface area contributed by atoms with Crippen molar-refractivity contribution in [2.45, 2.75) is 57.3 Å². The van der Waals surface area contributed by atoms with Crippen molar-refractivity contribution in [2.24, 2.45) is 5.16 Å². The number of hydrogen-bond donors (Lipinski definition) is 1. The Hall–Kier alpha value is -3.16. The molecule has 1 saturated heterocycles. The molecule has 0 bridgehead atoms. The zero-order valence-electron chi connectivity index (χ0n) is 18.1. The molecule has 1 N–H and O–H groups in total. The number of amides is 1. The minimum atomic E-state index is -0.508. The largest absolute Gasteiger partial charge is 0.444 e. The fourth-order valence-electron chi connectivity index (χ4n) is 4.35. The van der Waals surface area contributed by atoms with Crippen LogP contribution in [0.1, 0.15) is 43.9 Å². The molecule has 8 nitrogen and oxygen atoms in total. The van der Waals surface area contributed by atoms with Gasteiger partial charge in [0.05, 0.1) is 18.8 Å². The standard InChI is InChI=1S/C23H27N5O3/c1-22(2,3)30-21(29)28-13-23(14-28)10-19(27-31-23)17-11-24-20(25-12-17)26-18-8-15-6-4-5-7-16(15)9-18/h4-7,11-12,18H,8-10,13-14H2,1-3H3,(H,24,25,26). The molecule has 1 amide bonds. The van der Waals surface area contributed by atoms with Crippen LogP contribution in [0.3, 0.4) is 0 Å². The second kappa shape index (κ2) is 7.21. The average molecular weight is 422 g/mol. The number of carbonyl (C=O) groups is 1. The van der Waals surface area contributed by atoms with Crippen LogP contribution in [-0.4, -0.2) is 57.0 Å². The van der Waals surface area contributed by atoms with Crippen LogP contribution >= 0.6 is 0 Å². The van der Waals surface area contributed by atoms with Gasteiger partial charge in [0.25, 0.3) is 0 Å². The lowest BCUT2D eigenvalue weighted by atomic mass is 9.88. The number of nitrogens with one attached hydrogen (secondary N) is 1.